The first kappa shape index (κ1) is 20.8. The van der Waals surface area contributed by atoms with Gasteiger partial charge in [-0.25, -0.2) is 15.0 Å². The number of piperidine rings is 1. The van der Waals surface area contributed by atoms with Crippen molar-refractivity contribution in [2.75, 3.05) is 25.5 Å². The monoisotopic (exact) mass is 414 g/mol. The Morgan fingerprint density at radius 1 is 1.26 bits per heavy atom. The van der Waals surface area contributed by atoms with Crippen LogP contribution in [0.3, 0.4) is 0 Å². The number of hydrogen-bond donors (Lipinski definition) is 1. The van der Waals surface area contributed by atoms with Crippen molar-refractivity contribution in [2.24, 2.45) is 10.9 Å². The van der Waals surface area contributed by atoms with Gasteiger partial charge in [0.25, 0.3) is 0 Å². The fourth-order valence-corrected chi connectivity index (χ4v) is 4.12. The molecule has 1 aromatic heterocycles. The van der Waals surface area contributed by atoms with E-state index in [4.69, 9.17) is 4.99 Å². The SMILES string of the molecule is C=C(Nc1ccccc1CC)C1CCCN(C2=NC(c3ccncn3)=CC(=C)N2C)C1. The molecule has 1 N–H and O–H groups in total. The molecular formula is C25H30N6. The summed E-state index contributed by atoms with van der Waals surface area (Å²) in [6.07, 6.45) is 8.45. The molecule has 1 saturated heterocycles. The van der Waals surface area contributed by atoms with E-state index >= 15 is 0 Å². The summed E-state index contributed by atoms with van der Waals surface area (Å²) in [5.41, 5.74) is 6.05. The lowest BCUT2D eigenvalue weighted by atomic mass is 9.94. The number of aryl methyl sites for hydroxylation is 1. The van der Waals surface area contributed by atoms with Crippen molar-refractivity contribution < 1.29 is 0 Å². The first-order valence-electron chi connectivity index (χ1n) is 10.8. The predicted octanol–water partition coefficient (Wildman–Crippen LogP) is 4.53. The third-order valence-electron chi connectivity index (χ3n) is 5.99. The number of aliphatic imine (C=N–C) groups is 1. The second kappa shape index (κ2) is 9.16. The van der Waals surface area contributed by atoms with E-state index in [2.05, 4.69) is 69.4 Å². The lowest BCUT2D eigenvalue weighted by Gasteiger charge is -2.40. The van der Waals surface area contributed by atoms with Gasteiger partial charge in [0.1, 0.15) is 6.33 Å². The lowest BCUT2D eigenvalue weighted by molar-refractivity contribution is 0.264. The first-order valence-corrected chi connectivity index (χ1v) is 10.8. The van der Waals surface area contributed by atoms with Crippen LogP contribution < -0.4 is 5.32 Å². The number of rotatable bonds is 5. The van der Waals surface area contributed by atoms with Crippen LogP contribution in [0.2, 0.25) is 0 Å². The van der Waals surface area contributed by atoms with Gasteiger partial charge in [0.15, 0.2) is 0 Å². The number of benzene rings is 1. The van der Waals surface area contributed by atoms with Crippen LogP contribution in [-0.2, 0) is 6.42 Å². The molecule has 2 aliphatic heterocycles. The van der Waals surface area contributed by atoms with Crippen molar-refractivity contribution in [2.45, 2.75) is 26.2 Å². The highest BCUT2D eigenvalue weighted by atomic mass is 15.4. The minimum atomic E-state index is 0.344. The lowest BCUT2D eigenvalue weighted by Crippen LogP contribution is -2.48. The molecule has 160 valence electrons. The van der Waals surface area contributed by atoms with Crippen LogP contribution in [0.1, 0.15) is 31.0 Å². The second-order valence-corrected chi connectivity index (χ2v) is 8.03. The summed E-state index contributed by atoms with van der Waals surface area (Å²) in [7, 11) is 2.02. The fraction of sp³-hybridized carbons (Fsp3) is 0.320. The quantitative estimate of drug-likeness (QED) is 0.779. The summed E-state index contributed by atoms with van der Waals surface area (Å²) in [6, 6.07) is 10.3. The van der Waals surface area contributed by atoms with Crippen LogP contribution in [0.15, 0.2) is 78.5 Å². The van der Waals surface area contributed by atoms with E-state index in [1.165, 1.54) is 5.56 Å². The van der Waals surface area contributed by atoms with Gasteiger partial charge in [0.05, 0.1) is 11.4 Å². The minimum absolute atomic E-state index is 0.344. The second-order valence-electron chi connectivity index (χ2n) is 8.03. The van der Waals surface area contributed by atoms with E-state index in [0.717, 1.165) is 66.8 Å². The van der Waals surface area contributed by atoms with Crippen LogP contribution in [0.25, 0.3) is 5.70 Å². The molecule has 1 aromatic carbocycles. The van der Waals surface area contributed by atoms with E-state index in [0.29, 0.717) is 5.92 Å². The zero-order valence-corrected chi connectivity index (χ0v) is 18.4. The largest absolute Gasteiger partial charge is 0.359 e. The Morgan fingerprint density at radius 2 is 2.10 bits per heavy atom. The van der Waals surface area contributed by atoms with Crippen LogP contribution in [0, 0.1) is 5.92 Å². The molecule has 2 aliphatic rings. The summed E-state index contributed by atoms with van der Waals surface area (Å²) in [5.74, 6) is 1.25. The molecule has 0 saturated carbocycles. The zero-order valence-electron chi connectivity index (χ0n) is 18.4. The molecule has 3 heterocycles. The summed E-state index contributed by atoms with van der Waals surface area (Å²) >= 11 is 0. The van der Waals surface area contributed by atoms with Crippen LogP contribution in [0.5, 0.6) is 0 Å². The number of likely N-dealkylation sites (tertiary alicyclic amines) is 1. The summed E-state index contributed by atoms with van der Waals surface area (Å²) in [6.45, 7) is 12.6. The van der Waals surface area contributed by atoms with Crippen LogP contribution >= 0.6 is 0 Å². The van der Waals surface area contributed by atoms with Gasteiger partial charge in [0.2, 0.25) is 5.96 Å². The molecule has 2 aromatic rings. The van der Waals surface area contributed by atoms with Gasteiger partial charge in [0, 0.05) is 49.3 Å². The number of aromatic nitrogens is 2. The molecule has 0 spiro atoms. The Labute approximate surface area is 184 Å². The zero-order chi connectivity index (χ0) is 21.8. The average molecular weight is 415 g/mol. The number of para-hydroxylation sites is 1. The van der Waals surface area contributed by atoms with Gasteiger partial charge in [-0.2, -0.15) is 0 Å². The third kappa shape index (κ3) is 4.53. The van der Waals surface area contributed by atoms with Crippen molar-refractivity contribution in [3.05, 3.63) is 84.7 Å². The number of guanidine groups is 1. The van der Waals surface area contributed by atoms with E-state index < -0.39 is 0 Å². The Bertz CT molecular complexity index is 1020. The smallest absolute Gasteiger partial charge is 0.206 e. The molecule has 0 radical (unpaired) electrons. The predicted molar refractivity (Wildman–Crippen MR) is 127 cm³/mol. The van der Waals surface area contributed by atoms with Crippen molar-refractivity contribution in [3.63, 3.8) is 0 Å². The van der Waals surface area contributed by atoms with E-state index in [-0.39, 0.29) is 0 Å². The molecule has 1 atom stereocenters. The molecular weight excluding hydrogens is 384 g/mol. The van der Waals surface area contributed by atoms with E-state index in [9.17, 15) is 0 Å². The molecule has 6 nitrogen and oxygen atoms in total. The Kier molecular flexibility index (Phi) is 6.16. The molecule has 1 unspecified atom stereocenters. The molecule has 0 bridgehead atoms. The van der Waals surface area contributed by atoms with Crippen molar-refractivity contribution in [1.82, 2.24) is 19.8 Å². The molecule has 1 fully saturated rings. The van der Waals surface area contributed by atoms with Gasteiger partial charge in [-0.3, -0.25) is 0 Å². The number of nitrogens with zero attached hydrogens (tertiary/aromatic N) is 5. The maximum absolute atomic E-state index is 4.94. The third-order valence-corrected chi connectivity index (χ3v) is 5.99. The van der Waals surface area contributed by atoms with Gasteiger partial charge in [-0.05, 0) is 43.0 Å². The molecule has 0 aliphatic carbocycles. The Hall–Kier alpha value is -3.41. The van der Waals surface area contributed by atoms with Gasteiger partial charge < -0.3 is 15.1 Å². The topological polar surface area (TPSA) is 56.6 Å². The highest BCUT2D eigenvalue weighted by Gasteiger charge is 2.29. The van der Waals surface area contributed by atoms with Gasteiger partial charge in [-0.1, -0.05) is 38.3 Å². The number of nitrogens with one attached hydrogen (secondary N) is 1. The molecule has 31 heavy (non-hydrogen) atoms. The molecule has 0 amide bonds. The number of anilines is 1. The molecule has 6 heteroatoms. The maximum atomic E-state index is 4.94. The average Bonchev–Trinajstić information content (AvgIpc) is 2.81. The van der Waals surface area contributed by atoms with Crippen molar-refractivity contribution >= 4 is 17.3 Å². The summed E-state index contributed by atoms with van der Waals surface area (Å²) < 4.78 is 0. The van der Waals surface area contributed by atoms with Crippen molar-refractivity contribution in [1.29, 1.82) is 0 Å². The molecule has 4 rings (SSSR count). The fourth-order valence-electron chi connectivity index (χ4n) is 4.12. The van der Waals surface area contributed by atoms with Crippen molar-refractivity contribution in [3.8, 4) is 0 Å². The summed E-state index contributed by atoms with van der Waals surface area (Å²) in [4.78, 5) is 17.7. The highest BCUT2D eigenvalue weighted by Crippen LogP contribution is 2.29. The normalized spacial score (nSPS) is 19.0. The highest BCUT2D eigenvalue weighted by molar-refractivity contribution is 5.90. The van der Waals surface area contributed by atoms with Crippen LogP contribution in [-0.4, -0.2) is 45.9 Å². The Morgan fingerprint density at radius 3 is 2.87 bits per heavy atom. The van der Waals surface area contributed by atoms with Gasteiger partial charge in [-0.15, -0.1) is 0 Å². The number of allylic oxidation sites excluding steroid dienone is 1. The standard InChI is InChI=1S/C25H30N6/c1-5-20-9-6-7-11-22(20)28-19(3)21-10-8-14-31(16-21)25-29-24(15-18(2)30(25)4)23-12-13-26-17-27-23/h6-7,9,11-13,15,17,21,28H,2-3,5,8,10,14,16H2,1,4H3. The van der Waals surface area contributed by atoms with E-state index in [1.54, 1.807) is 12.5 Å². The minimum Gasteiger partial charge on any atom is -0.359 e. The number of hydrogen-bond acceptors (Lipinski definition) is 6. The Balaban J connectivity index is 1.52. The van der Waals surface area contributed by atoms with Crippen LogP contribution in [0.4, 0.5) is 5.69 Å². The van der Waals surface area contributed by atoms with Gasteiger partial charge >= 0.3 is 0 Å². The summed E-state index contributed by atoms with van der Waals surface area (Å²) in [5, 5.41) is 3.59. The van der Waals surface area contributed by atoms with E-state index in [1.807, 2.05) is 19.2 Å². The maximum Gasteiger partial charge on any atom is 0.206 e. The first-order chi connectivity index (χ1) is 15.1. The number of likely N-dealkylation sites (N-methyl/N-ethyl adjacent to an activating group) is 1.